The van der Waals surface area contributed by atoms with Gasteiger partial charge in [-0.25, -0.2) is 0 Å². The van der Waals surface area contributed by atoms with Crippen LogP contribution in [0.4, 0.5) is 0 Å². The second-order valence-corrected chi connectivity index (χ2v) is 3.41. The van der Waals surface area contributed by atoms with Gasteiger partial charge in [0.2, 0.25) is 5.88 Å². The van der Waals surface area contributed by atoms with Crippen LogP contribution in [0.3, 0.4) is 0 Å². The van der Waals surface area contributed by atoms with Gasteiger partial charge >= 0.3 is 0 Å². The second-order valence-electron chi connectivity index (χ2n) is 2.58. The highest BCUT2D eigenvalue weighted by Crippen LogP contribution is 2.22. The summed E-state index contributed by atoms with van der Waals surface area (Å²) in [6.07, 6.45) is 5.14. The second kappa shape index (κ2) is 4.85. The van der Waals surface area contributed by atoms with Gasteiger partial charge in [0, 0.05) is 17.0 Å². The van der Waals surface area contributed by atoms with Crippen molar-refractivity contribution in [3.05, 3.63) is 10.9 Å². The molecule has 1 unspecified atom stereocenters. The molecule has 0 aromatic carbocycles. The van der Waals surface area contributed by atoms with Crippen LogP contribution in [0.1, 0.15) is 17.8 Å². The minimum absolute atomic E-state index is 0.234. The van der Waals surface area contributed by atoms with Crippen LogP contribution < -0.4 is 10.1 Å². The predicted octanol–water partition coefficient (Wildman–Crippen LogP) is 1.44. The fourth-order valence-corrected chi connectivity index (χ4v) is 1.60. The molecule has 0 fully saturated rings. The summed E-state index contributed by atoms with van der Waals surface area (Å²) in [6.45, 7) is 2.62. The molecule has 4 heteroatoms. The van der Waals surface area contributed by atoms with Crippen molar-refractivity contribution in [1.29, 1.82) is 0 Å². The molecule has 0 spiro atoms. The van der Waals surface area contributed by atoms with E-state index in [0.717, 1.165) is 4.88 Å². The first-order valence-electron chi connectivity index (χ1n) is 3.95. The van der Waals surface area contributed by atoms with E-state index in [1.807, 2.05) is 13.0 Å². The zero-order valence-corrected chi connectivity index (χ0v) is 8.52. The third-order valence-corrected chi connectivity index (χ3v) is 2.61. The Morgan fingerprint density at radius 1 is 1.85 bits per heavy atom. The molecule has 3 nitrogen and oxygen atoms in total. The van der Waals surface area contributed by atoms with E-state index in [1.165, 1.54) is 11.5 Å². The van der Waals surface area contributed by atoms with E-state index in [4.69, 9.17) is 11.2 Å². The highest BCUT2D eigenvalue weighted by Gasteiger charge is 2.08. The largest absolute Gasteiger partial charge is 0.480 e. The van der Waals surface area contributed by atoms with Gasteiger partial charge in [0.05, 0.1) is 13.7 Å². The van der Waals surface area contributed by atoms with E-state index in [2.05, 4.69) is 15.6 Å². The quantitative estimate of drug-likeness (QED) is 0.740. The minimum Gasteiger partial charge on any atom is -0.480 e. The molecule has 1 N–H and O–H groups in total. The highest BCUT2D eigenvalue weighted by atomic mass is 32.1. The van der Waals surface area contributed by atoms with Gasteiger partial charge < -0.3 is 4.74 Å². The monoisotopic (exact) mass is 196 g/mol. The molecule has 0 aliphatic carbocycles. The highest BCUT2D eigenvalue weighted by molar-refractivity contribution is 7.06. The van der Waals surface area contributed by atoms with Gasteiger partial charge in [-0.1, -0.05) is 5.92 Å². The van der Waals surface area contributed by atoms with Crippen LogP contribution in [-0.4, -0.2) is 18.0 Å². The Bertz CT molecular complexity index is 303. The number of nitrogens with one attached hydrogen (secondary N) is 1. The van der Waals surface area contributed by atoms with Crippen molar-refractivity contribution in [2.24, 2.45) is 0 Å². The summed E-state index contributed by atoms with van der Waals surface area (Å²) >= 11 is 1.43. The van der Waals surface area contributed by atoms with E-state index >= 15 is 0 Å². The first-order valence-corrected chi connectivity index (χ1v) is 4.72. The van der Waals surface area contributed by atoms with Crippen molar-refractivity contribution in [2.45, 2.75) is 13.0 Å². The minimum atomic E-state index is 0.234. The molecule has 1 rings (SSSR count). The lowest BCUT2D eigenvalue weighted by molar-refractivity contribution is 0.402. The fourth-order valence-electron chi connectivity index (χ4n) is 0.885. The molecule has 0 saturated heterocycles. The van der Waals surface area contributed by atoms with Crippen LogP contribution in [-0.2, 0) is 0 Å². The third-order valence-electron chi connectivity index (χ3n) is 1.65. The molecular formula is C9H12N2OS. The maximum atomic E-state index is 5.14. The van der Waals surface area contributed by atoms with Crippen molar-refractivity contribution in [3.8, 4) is 18.2 Å². The number of hydrogen-bond acceptors (Lipinski definition) is 4. The lowest BCUT2D eigenvalue weighted by Crippen LogP contribution is -2.17. The van der Waals surface area contributed by atoms with Crippen LogP contribution in [0, 0.1) is 12.3 Å². The molecule has 0 bridgehead atoms. The third kappa shape index (κ3) is 2.72. The molecule has 0 amide bonds. The normalized spacial score (nSPS) is 12.1. The number of methoxy groups -OCH3 is 1. The molecule has 0 aliphatic rings. The SMILES string of the molecule is C#CCNC(C)c1cc(OC)ns1. The van der Waals surface area contributed by atoms with E-state index in [9.17, 15) is 0 Å². The smallest absolute Gasteiger partial charge is 0.225 e. The number of ether oxygens (including phenoxy) is 1. The van der Waals surface area contributed by atoms with Gasteiger partial charge in [0.15, 0.2) is 0 Å². The zero-order chi connectivity index (χ0) is 9.68. The fraction of sp³-hybridized carbons (Fsp3) is 0.444. The summed E-state index contributed by atoms with van der Waals surface area (Å²) in [7, 11) is 1.61. The van der Waals surface area contributed by atoms with Crippen LogP contribution in [0.15, 0.2) is 6.07 Å². The molecule has 70 valence electrons. The van der Waals surface area contributed by atoms with Gasteiger partial charge in [-0.3, -0.25) is 5.32 Å². The molecule has 0 radical (unpaired) electrons. The average molecular weight is 196 g/mol. The lowest BCUT2D eigenvalue weighted by atomic mass is 10.3. The molecule has 1 aromatic rings. The Morgan fingerprint density at radius 3 is 3.15 bits per heavy atom. The molecule has 13 heavy (non-hydrogen) atoms. The van der Waals surface area contributed by atoms with Gasteiger partial charge in [-0.15, -0.1) is 6.42 Å². The van der Waals surface area contributed by atoms with Crippen molar-refractivity contribution in [1.82, 2.24) is 9.69 Å². The summed E-state index contributed by atoms with van der Waals surface area (Å²) < 4.78 is 9.07. The molecule has 1 aromatic heterocycles. The average Bonchev–Trinajstić information content (AvgIpc) is 2.62. The van der Waals surface area contributed by atoms with Crippen LogP contribution >= 0.6 is 11.5 Å². The maximum absolute atomic E-state index is 5.14. The van der Waals surface area contributed by atoms with Crippen LogP contribution in [0.5, 0.6) is 5.88 Å². The van der Waals surface area contributed by atoms with E-state index in [0.29, 0.717) is 12.4 Å². The number of rotatable bonds is 4. The van der Waals surface area contributed by atoms with Crippen molar-refractivity contribution in [2.75, 3.05) is 13.7 Å². The first-order chi connectivity index (χ1) is 6.27. The standard InChI is InChI=1S/C9H12N2OS/c1-4-5-10-7(2)8-6-9(12-3)11-13-8/h1,6-7,10H,5H2,2-3H3. The topological polar surface area (TPSA) is 34.1 Å². The Kier molecular flexibility index (Phi) is 3.74. The molecule has 1 heterocycles. The van der Waals surface area contributed by atoms with Gasteiger partial charge in [-0.2, -0.15) is 4.37 Å². The number of terminal acetylenes is 1. The Morgan fingerprint density at radius 2 is 2.62 bits per heavy atom. The van der Waals surface area contributed by atoms with Crippen LogP contribution in [0.2, 0.25) is 0 Å². The van der Waals surface area contributed by atoms with Crippen LogP contribution in [0.25, 0.3) is 0 Å². The van der Waals surface area contributed by atoms with Crippen molar-refractivity contribution in [3.63, 3.8) is 0 Å². The Balaban J connectivity index is 2.56. The molecule has 1 atom stereocenters. The lowest BCUT2D eigenvalue weighted by Gasteiger charge is -2.07. The summed E-state index contributed by atoms with van der Waals surface area (Å²) in [5.74, 6) is 3.19. The van der Waals surface area contributed by atoms with Crippen molar-refractivity contribution >= 4 is 11.5 Å². The summed E-state index contributed by atoms with van der Waals surface area (Å²) in [5.41, 5.74) is 0. The van der Waals surface area contributed by atoms with Gasteiger partial charge in [-0.05, 0) is 18.5 Å². The zero-order valence-electron chi connectivity index (χ0n) is 7.70. The maximum Gasteiger partial charge on any atom is 0.225 e. The number of aromatic nitrogens is 1. The van der Waals surface area contributed by atoms with Gasteiger partial charge in [0.25, 0.3) is 0 Å². The summed E-state index contributed by atoms with van der Waals surface area (Å²) in [4.78, 5) is 1.13. The number of hydrogen-bond donors (Lipinski definition) is 1. The first kappa shape index (κ1) is 10.0. The molecular weight excluding hydrogens is 184 g/mol. The summed E-state index contributed by atoms with van der Waals surface area (Å²) in [6, 6.07) is 2.15. The van der Waals surface area contributed by atoms with Gasteiger partial charge in [0.1, 0.15) is 0 Å². The Labute approximate surface area is 82.3 Å². The van der Waals surface area contributed by atoms with E-state index in [1.54, 1.807) is 7.11 Å². The number of nitrogens with zero attached hydrogens (tertiary/aromatic N) is 1. The van der Waals surface area contributed by atoms with E-state index in [-0.39, 0.29) is 6.04 Å². The molecule has 0 saturated carbocycles. The van der Waals surface area contributed by atoms with Crippen molar-refractivity contribution < 1.29 is 4.74 Å². The summed E-state index contributed by atoms with van der Waals surface area (Å²) in [5, 5.41) is 3.16. The van der Waals surface area contributed by atoms with E-state index < -0.39 is 0 Å². The molecule has 0 aliphatic heterocycles. The predicted molar refractivity (Wildman–Crippen MR) is 53.9 cm³/mol. The Hall–Kier alpha value is -1.05.